The average Bonchev–Trinajstić information content (AvgIpc) is 3.24. The van der Waals surface area contributed by atoms with E-state index in [1.54, 1.807) is 34.7 Å². The molecule has 1 N–H and O–H groups in total. The van der Waals surface area contributed by atoms with Gasteiger partial charge in [0.1, 0.15) is 15.9 Å². The second-order valence-electron chi connectivity index (χ2n) is 7.67. The third-order valence-electron chi connectivity index (χ3n) is 5.09. The van der Waals surface area contributed by atoms with Crippen LogP contribution in [0.1, 0.15) is 24.2 Å². The zero-order chi connectivity index (χ0) is 23.8. The monoisotopic (exact) mass is 463 g/mol. The van der Waals surface area contributed by atoms with Crippen LogP contribution in [0.2, 0.25) is 0 Å². The van der Waals surface area contributed by atoms with Gasteiger partial charge in [0.15, 0.2) is 5.82 Å². The molecule has 0 saturated carbocycles. The molecule has 7 nitrogen and oxygen atoms in total. The molecule has 33 heavy (non-hydrogen) atoms. The van der Waals surface area contributed by atoms with Crippen LogP contribution < -0.4 is 0 Å². The smallest absolute Gasteiger partial charge is 0.256 e. The molecule has 0 saturated heterocycles. The number of aromatic nitrogens is 3. The Hall–Kier alpha value is -3.36. The first kappa shape index (κ1) is 24.3. The van der Waals surface area contributed by atoms with Crippen LogP contribution in [-0.2, 0) is 0 Å². The van der Waals surface area contributed by atoms with Gasteiger partial charge in [0.2, 0.25) is 5.88 Å². The lowest BCUT2D eigenvalue weighted by molar-refractivity contribution is 0.0754. The van der Waals surface area contributed by atoms with Crippen molar-refractivity contribution in [3.05, 3.63) is 71.8 Å². The Morgan fingerprint density at radius 3 is 2.76 bits per heavy atom. The predicted molar refractivity (Wildman–Crippen MR) is 134 cm³/mol. The van der Waals surface area contributed by atoms with E-state index in [1.807, 2.05) is 32.2 Å². The summed E-state index contributed by atoms with van der Waals surface area (Å²) in [7, 11) is 2.04. The highest BCUT2D eigenvalue weighted by molar-refractivity contribution is 7.17. The number of fused-ring (bicyclic) bond motifs is 1. The van der Waals surface area contributed by atoms with Gasteiger partial charge in [-0.05, 0) is 33.0 Å². The van der Waals surface area contributed by atoms with Gasteiger partial charge in [-0.15, -0.1) is 11.3 Å². The predicted octanol–water partition coefficient (Wildman–Crippen LogP) is 4.54. The van der Waals surface area contributed by atoms with E-state index in [-0.39, 0.29) is 11.8 Å². The fraction of sp³-hybridized carbons (Fsp3) is 0.280. The number of hydrogen-bond acceptors (Lipinski definition) is 7. The normalized spacial score (nSPS) is 12.1. The molecule has 0 atom stereocenters. The van der Waals surface area contributed by atoms with E-state index in [4.69, 9.17) is 0 Å². The zero-order valence-corrected chi connectivity index (χ0v) is 20.0. The van der Waals surface area contributed by atoms with Gasteiger partial charge in [0.05, 0.1) is 5.56 Å². The summed E-state index contributed by atoms with van der Waals surface area (Å²) in [4.78, 5) is 30.3. The van der Waals surface area contributed by atoms with Gasteiger partial charge in [-0.3, -0.25) is 9.78 Å². The fourth-order valence-corrected chi connectivity index (χ4v) is 4.25. The summed E-state index contributed by atoms with van der Waals surface area (Å²) < 4.78 is 0.500. The Labute approximate surface area is 198 Å². The van der Waals surface area contributed by atoms with Gasteiger partial charge in [0.25, 0.3) is 5.91 Å². The van der Waals surface area contributed by atoms with Crippen molar-refractivity contribution in [3.8, 4) is 17.4 Å². The Morgan fingerprint density at radius 1 is 1.24 bits per heavy atom. The lowest BCUT2D eigenvalue weighted by Gasteiger charge is -2.24. The van der Waals surface area contributed by atoms with Crippen LogP contribution in [0.5, 0.6) is 5.88 Å². The minimum absolute atomic E-state index is 0.108. The van der Waals surface area contributed by atoms with E-state index >= 15 is 0 Å². The van der Waals surface area contributed by atoms with E-state index in [0.29, 0.717) is 40.4 Å². The highest BCUT2D eigenvalue weighted by atomic mass is 32.1. The van der Waals surface area contributed by atoms with Gasteiger partial charge in [-0.1, -0.05) is 42.5 Å². The molecule has 0 aliphatic heterocycles. The molecule has 0 aliphatic rings. The molecule has 0 spiro atoms. The van der Waals surface area contributed by atoms with Gasteiger partial charge in [-0.2, -0.15) is 4.98 Å². The number of nitrogens with zero attached hydrogens (tertiary/aromatic N) is 5. The Bertz CT molecular complexity index is 1170. The second-order valence-corrected chi connectivity index (χ2v) is 8.55. The molecule has 0 fully saturated rings. The number of carbonyl (C=O) groups is 1. The Balaban J connectivity index is 1.76. The van der Waals surface area contributed by atoms with E-state index in [0.717, 1.165) is 13.1 Å². The van der Waals surface area contributed by atoms with Crippen molar-refractivity contribution >= 4 is 27.5 Å². The summed E-state index contributed by atoms with van der Waals surface area (Å²) in [5, 5.41) is 12.2. The molecular formula is C25H29N5O2S. The number of thiophene rings is 1. The maximum atomic E-state index is 13.3. The molecule has 172 valence electrons. The number of rotatable bonds is 10. The largest absolute Gasteiger partial charge is 0.492 e. The second kappa shape index (κ2) is 11.5. The molecule has 0 unspecified atom stereocenters. The van der Waals surface area contributed by atoms with Crippen molar-refractivity contribution in [2.75, 3.05) is 33.2 Å². The van der Waals surface area contributed by atoms with Crippen LogP contribution in [0.3, 0.4) is 0 Å². The number of pyridine rings is 1. The van der Waals surface area contributed by atoms with Crippen molar-refractivity contribution in [2.24, 2.45) is 0 Å². The molecule has 3 aromatic heterocycles. The van der Waals surface area contributed by atoms with E-state index in [1.165, 1.54) is 16.9 Å². The maximum absolute atomic E-state index is 13.3. The van der Waals surface area contributed by atoms with Gasteiger partial charge in [0, 0.05) is 37.8 Å². The molecular weight excluding hydrogens is 434 g/mol. The summed E-state index contributed by atoms with van der Waals surface area (Å²) in [6.07, 6.45) is 9.31. The SMILES string of the molecule is C=C/C=C\C=C(/C)CN(C)CCN(CC)C(=O)c1csc2c(O)nc(-c3ccccn3)nc12. The molecule has 1 amide bonds. The fourth-order valence-electron chi connectivity index (χ4n) is 3.39. The van der Waals surface area contributed by atoms with Crippen molar-refractivity contribution in [1.29, 1.82) is 0 Å². The first-order valence-electron chi connectivity index (χ1n) is 10.8. The molecule has 0 radical (unpaired) electrons. The summed E-state index contributed by atoms with van der Waals surface area (Å²) in [6, 6.07) is 5.40. The summed E-state index contributed by atoms with van der Waals surface area (Å²) in [6.45, 7) is 10.4. The molecule has 3 rings (SSSR count). The lowest BCUT2D eigenvalue weighted by atomic mass is 10.2. The summed E-state index contributed by atoms with van der Waals surface area (Å²) >= 11 is 1.27. The van der Waals surface area contributed by atoms with Gasteiger partial charge >= 0.3 is 0 Å². The number of hydrogen-bond donors (Lipinski definition) is 1. The minimum atomic E-state index is -0.139. The third kappa shape index (κ3) is 6.12. The molecule has 3 aromatic rings. The molecule has 0 aromatic carbocycles. The Kier molecular flexibility index (Phi) is 8.46. The summed E-state index contributed by atoms with van der Waals surface area (Å²) in [5.74, 6) is 0.0484. The zero-order valence-electron chi connectivity index (χ0n) is 19.2. The number of aromatic hydroxyl groups is 1. The van der Waals surface area contributed by atoms with Crippen molar-refractivity contribution in [1.82, 2.24) is 24.8 Å². The number of carbonyl (C=O) groups excluding carboxylic acids is 1. The van der Waals surface area contributed by atoms with Crippen LogP contribution in [0.25, 0.3) is 21.7 Å². The van der Waals surface area contributed by atoms with E-state index in [9.17, 15) is 9.90 Å². The molecule has 3 heterocycles. The standard InChI is InChI=1S/C25H29N5O2S/c1-5-7-8-11-18(3)16-29(4)14-15-30(6-2)25(32)19-17-33-22-21(19)27-23(28-24(22)31)20-12-9-10-13-26-20/h5,7-13,17H,1,6,14-16H2,2-4H3,(H,27,28,31)/b8-7-,18-11+. The van der Waals surface area contributed by atoms with Crippen LogP contribution in [0.15, 0.2) is 66.2 Å². The Morgan fingerprint density at radius 2 is 2.06 bits per heavy atom. The van der Waals surface area contributed by atoms with Crippen molar-refractivity contribution in [3.63, 3.8) is 0 Å². The van der Waals surface area contributed by atoms with Gasteiger partial charge < -0.3 is 14.9 Å². The van der Waals surface area contributed by atoms with Crippen molar-refractivity contribution in [2.45, 2.75) is 13.8 Å². The highest BCUT2D eigenvalue weighted by Gasteiger charge is 2.22. The van der Waals surface area contributed by atoms with E-state index < -0.39 is 0 Å². The lowest BCUT2D eigenvalue weighted by Crippen LogP contribution is -2.37. The maximum Gasteiger partial charge on any atom is 0.256 e. The number of likely N-dealkylation sites (N-methyl/N-ethyl adjacent to an activating group) is 2. The van der Waals surface area contributed by atoms with Crippen LogP contribution in [-0.4, -0.2) is 69.0 Å². The molecule has 0 bridgehead atoms. The quantitative estimate of drug-likeness (QED) is 0.445. The van der Waals surface area contributed by atoms with Crippen LogP contribution in [0, 0.1) is 0 Å². The average molecular weight is 464 g/mol. The number of amides is 1. The van der Waals surface area contributed by atoms with Crippen LogP contribution in [0.4, 0.5) is 0 Å². The van der Waals surface area contributed by atoms with E-state index in [2.05, 4.69) is 39.4 Å². The first-order valence-corrected chi connectivity index (χ1v) is 11.6. The number of allylic oxidation sites excluding steroid dienone is 4. The molecule has 8 heteroatoms. The third-order valence-corrected chi connectivity index (χ3v) is 6.05. The molecule has 0 aliphatic carbocycles. The first-order chi connectivity index (χ1) is 15.9. The topological polar surface area (TPSA) is 82.5 Å². The van der Waals surface area contributed by atoms with Crippen LogP contribution >= 0.6 is 11.3 Å². The highest BCUT2D eigenvalue weighted by Crippen LogP contribution is 2.33. The minimum Gasteiger partial charge on any atom is -0.492 e. The van der Waals surface area contributed by atoms with Gasteiger partial charge in [-0.25, -0.2) is 4.98 Å². The summed E-state index contributed by atoms with van der Waals surface area (Å²) in [5.41, 5.74) is 2.69. The van der Waals surface area contributed by atoms with Crippen molar-refractivity contribution < 1.29 is 9.90 Å².